The van der Waals surface area contributed by atoms with Crippen molar-refractivity contribution in [3.63, 3.8) is 0 Å². The topological polar surface area (TPSA) is 72.9 Å². The van der Waals surface area contributed by atoms with Crippen LogP contribution in [-0.2, 0) is 9.59 Å². The molecule has 2 aromatic rings. The summed E-state index contributed by atoms with van der Waals surface area (Å²) in [6.07, 6.45) is 3.27. The van der Waals surface area contributed by atoms with Crippen molar-refractivity contribution in [3.8, 4) is 11.5 Å². The number of imide groups is 1. The molecule has 29 heavy (non-hydrogen) atoms. The van der Waals surface area contributed by atoms with Crippen molar-refractivity contribution in [2.45, 2.75) is 19.8 Å². The van der Waals surface area contributed by atoms with Gasteiger partial charge >= 0.3 is 5.97 Å². The third-order valence-corrected chi connectivity index (χ3v) is 5.46. The highest BCUT2D eigenvalue weighted by atomic mass is 16.5. The number of esters is 1. The van der Waals surface area contributed by atoms with Gasteiger partial charge in [0, 0.05) is 0 Å². The summed E-state index contributed by atoms with van der Waals surface area (Å²) < 4.78 is 10.6. The van der Waals surface area contributed by atoms with Gasteiger partial charge in [-0.1, -0.05) is 23.8 Å². The number of hydrogen-bond donors (Lipinski definition) is 0. The highest BCUT2D eigenvalue weighted by Crippen LogP contribution is 2.40. The molecule has 0 saturated carbocycles. The molecule has 2 atom stereocenters. The molecular weight excluding hydrogens is 370 g/mol. The molecule has 148 valence electrons. The van der Waals surface area contributed by atoms with Gasteiger partial charge in [-0.25, -0.2) is 4.79 Å². The lowest BCUT2D eigenvalue weighted by molar-refractivity contribution is -0.122. The minimum atomic E-state index is -0.545. The van der Waals surface area contributed by atoms with Crippen molar-refractivity contribution < 1.29 is 23.9 Å². The maximum Gasteiger partial charge on any atom is 0.347 e. The monoisotopic (exact) mass is 391 g/mol. The van der Waals surface area contributed by atoms with Crippen LogP contribution in [0.4, 0.5) is 5.69 Å². The summed E-state index contributed by atoms with van der Waals surface area (Å²) in [5, 5.41) is 0. The predicted molar refractivity (Wildman–Crippen MR) is 107 cm³/mol. The Bertz CT molecular complexity index is 1010. The summed E-state index contributed by atoms with van der Waals surface area (Å²) in [6, 6.07) is 13.2. The van der Waals surface area contributed by atoms with Crippen LogP contribution in [0.3, 0.4) is 0 Å². The Morgan fingerprint density at radius 3 is 2.41 bits per heavy atom. The van der Waals surface area contributed by atoms with Gasteiger partial charge in [0.25, 0.3) is 0 Å². The minimum absolute atomic E-state index is 0.161. The number of rotatable bonds is 4. The molecule has 2 aromatic carbocycles. The van der Waals surface area contributed by atoms with Crippen LogP contribution in [0.5, 0.6) is 11.5 Å². The van der Waals surface area contributed by atoms with Crippen LogP contribution in [-0.4, -0.2) is 24.9 Å². The van der Waals surface area contributed by atoms with Gasteiger partial charge in [0.2, 0.25) is 11.8 Å². The highest BCUT2D eigenvalue weighted by molar-refractivity contribution is 6.22. The van der Waals surface area contributed by atoms with Gasteiger partial charge in [-0.15, -0.1) is 0 Å². The second-order valence-corrected chi connectivity index (χ2v) is 7.30. The van der Waals surface area contributed by atoms with Crippen molar-refractivity contribution in [2.75, 3.05) is 12.0 Å². The van der Waals surface area contributed by atoms with Crippen LogP contribution >= 0.6 is 0 Å². The maximum atomic E-state index is 12.8. The molecule has 1 aliphatic carbocycles. The first-order valence-corrected chi connectivity index (χ1v) is 9.48. The second-order valence-electron chi connectivity index (χ2n) is 7.30. The van der Waals surface area contributed by atoms with E-state index < -0.39 is 5.97 Å². The van der Waals surface area contributed by atoms with Gasteiger partial charge in [-0.3, -0.25) is 14.5 Å². The Kier molecular flexibility index (Phi) is 4.92. The number of anilines is 1. The van der Waals surface area contributed by atoms with Gasteiger partial charge < -0.3 is 9.47 Å². The zero-order chi connectivity index (χ0) is 20.5. The molecule has 2 aliphatic rings. The van der Waals surface area contributed by atoms with Crippen LogP contribution in [0.2, 0.25) is 0 Å². The van der Waals surface area contributed by atoms with Gasteiger partial charge in [-0.05, 0) is 56.2 Å². The Balaban J connectivity index is 1.51. The van der Waals surface area contributed by atoms with E-state index in [1.807, 2.05) is 13.0 Å². The molecule has 6 heteroatoms. The number of carbonyl (C=O) groups is 3. The smallest absolute Gasteiger partial charge is 0.347 e. The van der Waals surface area contributed by atoms with E-state index in [9.17, 15) is 14.4 Å². The normalized spacial score (nSPS) is 20.9. The summed E-state index contributed by atoms with van der Waals surface area (Å²) in [7, 11) is 1.49. The lowest BCUT2D eigenvalue weighted by Crippen LogP contribution is -2.30. The molecule has 6 nitrogen and oxygen atoms in total. The summed E-state index contributed by atoms with van der Waals surface area (Å²) in [4.78, 5) is 39.2. The zero-order valence-corrected chi connectivity index (χ0v) is 16.3. The number of hydrogen-bond acceptors (Lipinski definition) is 5. The van der Waals surface area contributed by atoms with E-state index in [0.29, 0.717) is 35.6 Å². The average molecular weight is 391 g/mol. The molecule has 4 rings (SSSR count). The average Bonchev–Trinajstić information content (AvgIpc) is 2.98. The minimum Gasteiger partial charge on any atom is -0.496 e. The number of methoxy groups -OCH3 is 1. The molecule has 1 fully saturated rings. The third kappa shape index (κ3) is 3.42. The van der Waals surface area contributed by atoms with E-state index in [1.165, 1.54) is 12.0 Å². The van der Waals surface area contributed by atoms with Crippen LogP contribution in [0.25, 0.3) is 0 Å². The lowest BCUT2D eigenvalue weighted by Gasteiger charge is -2.18. The van der Waals surface area contributed by atoms with E-state index in [2.05, 4.69) is 0 Å². The molecule has 0 N–H and O–H groups in total. The van der Waals surface area contributed by atoms with E-state index in [1.54, 1.807) is 48.5 Å². The van der Waals surface area contributed by atoms with Gasteiger partial charge in [0.1, 0.15) is 17.1 Å². The molecule has 1 aliphatic heterocycles. The Morgan fingerprint density at radius 1 is 1.00 bits per heavy atom. The molecule has 2 amide bonds. The molecule has 0 radical (unpaired) electrons. The van der Waals surface area contributed by atoms with E-state index in [-0.39, 0.29) is 23.7 Å². The first kappa shape index (κ1) is 18.9. The molecular formula is C23H21NO5. The zero-order valence-electron chi connectivity index (χ0n) is 16.3. The summed E-state index contributed by atoms with van der Waals surface area (Å²) in [6.45, 7) is 1.99. The second kappa shape index (κ2) is 7.54. The van der Waals surface area contributed by atoms with Crippen LogP contribution in [0, 0.1) is 11.8 Å². The van der Waals surface area contributed by atoms with E-state index in [0.717, 1.165) is 5.57 Å². The summed E-state index contributed by atoms with van der Waals surface area (Å²) in [5.41, 5.74) is 1.95. The van der Waals surface area contributed by atoms with Crippen molar-refractivity contribution in [3.05, 3.63) is 65.7 Å². The fourth-order valence-electron chi connectivity index (χ4n) is 3.93. The Hall–Kier alpha value is -3.41. The number of allylic oxidation sites excluding steroid dienone is 2. The van der Waals surface area contributed by atoms with Gasteiger partial charge in [-0.2, -0.15) is 0 Å². The Labute approximate surface area is 168 Å². The van der Waals surface area contributed by atoms with Gasteiger partial charge in [0.15, 0.2) is 0 Å². The van der Waals surface area contributed by atoms with E-state index >= 15 is 0 Å². The van der Waals surface area contributed by atoms with E-state index in [4.69, 9.17) is 9.47 Å². The number of carbonyl (C=O) groups excluding carboxylic acids is 3. The third-order valence-electron chi connectivity index (χ3n) is 5.46. The van der Waals surface area contributed by atoms with Crippen LogP contribution < -0.4 is 14.4 Å². The standard InChI is InChI=1S/C23H21NO5/c1-14-7-12-17-19(13-14)22(26)24(21(17)25)15-8-10-16(11-9-15)29-23(27)18-5-3-4-6-20(18)28-2/h3-11,17,19H,12-13H2,1-2H3/t17-,19+/m0/s1. The largest absolute Gasteiger partial charge is 0.496 e. The molecule has 0 aromatic heterocycles. The first-order chi connectivity index (χ1) is 14.0. The molecule has 0 spiro atoms. The fourth-order valence-corrected chi connectivity index (χ4v) is 3.93. The number of amides is 2. The predicted octanol–water partition coefficient (Wildman–Crippen LogP) is 3.76. The maximum absolute atomic E-state index is 12.8. The molecule has 1 heterocycles. The fraction of sp³-hybridized carbons (Fsp3) is 0.261. The van der Waals surface area contributed by atoms with Crippen molar-refractivity contribution in [1.82, 2.24) is 0 Å². The van der Waals surface area contributed by atoms with Gasteiger partial charge in [0.05, 0.1) is 24.6 Å². The number of benzene rings is 2. The first-order valence-electron chi connectivity index (χ1n) is 9.48. The summed E-state index contributed by atoms with van der Waals surface area (Å²) >= 11 is 0. The van der Waals surface area contributed by atoms with Crippen molar-refractivity contribution >= 4 is 23.5 Å². The van der Waals surface area contributed by atoms with Crippen molar-refractivity contribution in [1.29, 1.82) is 0 Å². The molecule has 1 saturated heterocycles. The Morgan fingerprint density at radius 2 is 1.69 bits per heavy atom. The number of fused-ring (bicyclic) bond motifs is 1. The molecule has 0 bridgehead atoms. The quantitative estimate of drug-likeness (QED) is 0.343. The summed E-state index contributed by atoms with van der Waals surface area (Å²) in [5.74, 6) is -0.692. The number of nitrogens with zero attached hydrogens (tertiary/aromatic N) is 1. The number of ether oxygens (including phenoxy) is 2. The number of para-hydroxylation sites is 1. The molecule has 0 unspecified atom stereocenters. The van der Waals surface area contributed by atoms with Crippen LogP contribution in [0.1, 0.15) is 30.1 Å². The lowest BCUT2D eigenvalue weighted by atomic mass is 9.82. The SMILES string of the molecule is COc1ccccc1C(=O)Oc1ccc(N2C(=O)[C@H]3CC=C(C)C[C@H]3C2=O)cc1. The van der Waals surface area contributed by atoms with Crippen molar-refractivity contribution in [2.24, 2.45) is 11.8 Å². The van der Waals surface area contributed by atoms with Crippen LogP contribution in [0.15, 0.2) is 60.2 Å². The highest BCUT2D eigenvalue weighted by Gasteiger charge is 2.48.